The standard InChI is InChI=1S/C12H14N2O/c1-13-5-6-14-8-11(15)10-4-2-3-9(7-13)12(10)14/h2-4H,5-8H2,1H3. The minimum absolute atomic E-state index is 0.274. The lowest BCUT2D eigenvalue weighted by atomic mass is 10.1. The number of anilines is 1. The van der Waals surface area contributed by atoms with E-state index < -0.39 is 0 Å². The first-order valence-electron chi connectivity index (χ1n) is 5.34. The number of nitrogens with zero attached hydrogens (tertiary/aromatic N) is 2. The third-order valence-electron chi connectivity index (χ3n) is 3.26. The molecule has 15 heavy (non-hydrogen) atoms. The molecule has 2 heterocycles. The van der Waals surface area contributed by atoms with E-state index in [1.165, 1.54) is 11.3 Å². The highest BCUT2D eigenvalue weighted by atomic mass is 16.1. The Bertz CT molecular complexity index is 428. The summed E-state index contributed by atoms with van der Waals surface area (Å²) in [4.78, 5) is 16.3. The van der Waals surface area contributed by atoms with Crippen LogP contribution in [0, 0.1) is 0 Å². The molecule has 3 heteroatoms. The van der Waals surface area contributed by atoms with Gasteiger partial charge in [-0.2, -0.15) is 0 Å². The van der Waals surface area contributed by atoms with Crippen molar-refractivity contribution >= 4 is 11.5 Å². The number of carbonyl (C=O) groups excluding carboxylic acids is 1. The Morgan fingerprint density at radius 3 is 2.93 bits per heavy atom. The topological polar surface area (TPSA) is 23.6 Å². The van der Waals surface area contributed by atoms with Crippen LogP contribution in [0.5, 0.6) is 0 Å². The third kappa shape index (κ3) is 1.27. The number of para-hydroxylation sites is 1. The molecule has 3 nitrogen and oxygen atoms in total. The Hall–Kier alpha value is -1.35. The number of carbonyl (C=O) groups is 1. The number of Topliss-reactive ketones (excluding diaryl/α,β-unsaturated/α-hetero) is 1. The Kier molecular flexibility index (Phi) is 1.83. The van der Waals surface area contributed by atoms with E-state index >= 15 is 0 Å². The fourth-order valence-electron chi connectivity index (χ4n) is 2.51. The Labute approximate surface area is 89.3 Å². The lowest BCUT2D eigenvalue weighted by Gasteiger charge is -2.17. The molecule has 0 unspecified atom stereocenters. The van der Waals surface area contributed by atoms with E-state index in [0.717, 1.165) is 25.2 Å². The summed E-state index contributed by atoms with van der Waals surface area (Å²) in [7, 11) is 2.13. The molecule has 0 saturated heterocycles. The van der Waals surface area contributed by atoms with E-state index in [4.69, 9.17) is 0 Å². The Morgan fingerprint density at radius 1 is 1.20 bits per heavy atom. The number of rotatable bonds is 0. The van der Waals surface area contributed by atoms with Crippen molar-refractivity contribution in [3.8, 4) is 0 Å². The molecule has 0 bridgehead atoms. The summed E-state index contributed by atoms with van der Waals surface area (Å²) in [5.41, 5.74) is 3.40. The van der Waals surface area contributed by atoms with Crippen molar-refractivity contribution in [3.05, 3.63) is 29.3 Å². The zero-order valence-electron chi connectivity index (χ0n) is 8.86. The Morgan fingerprint density at radius 2 is 2.07 bits per heavy atom. The van der Waals surface area contributed by atoms with Gasteiger partial charge < -0.3 is 9.80 Å². The van der Waals surface area contributed by atoms with Gasteiger partial charge in [-0.15, -0.1) is 0 Å². The zero-order valence-corrected chi connectivity index (χ0v) is 8.86. The summed E-state index contributed by atoms with van der Waals surface area (Å²) in [6.45, 7) is 3.51. The van der Waals surface area contributed by atoms with Gasteiger partial charge in [0.25, 0.3) is 0 Å². The Balaban J connectivity index is 2.17. The molecule has 1 aromatic rings. The molecule has 0 aromatic heterocycles. The summed E-state index contributed by atoms with van der Waals surface area (Å²) >= 11 is 0. The first kappa shape index (κ1) is 8.92. The van der Waals surface area contributed by atoms with Crippen LogP contribution in [0.2, 0.25) is 0 Å². The second-order valence-corrected chi connectivity index (χ2v) is 4.40. The number of hydrogen-bond donors (Lipinski definition) is 0. The van der Waals surface area contributed by atoms with Gasteiger partial charge in [0.15, 0.2) is 5.78 Å². The molecular weight excluding hydrogens is 188 g/mol. The average molecular weight is 202 g/mol. The normalized spacial score (nSPS) is 20.3. The van der Waals surface area contributed by atoms with Gasteiger partial charge in [0.1, 0.15) is 0 Å². The lowest BCUT2D eigenvalue weighted by Crippen LogP contribution is -2.29. The van der Waals surface area contributed by atoms with Crippen LogP contribution in [0.25, 0.3) is 0 Å². The summed E-state index contributed by atoms with van der Waals surface area (Å²) in [6, 6.07) is 6.08. The monoisotopic (exact) mass is 202 g/mol. The van der Waals surface area contributed by atoms with Crippen molar-refractivity contribution < 1.29 is 4.79 Å². The fraction of sp³-hybridized carbons (Fsp3) is 0.417. The van der Waals surface area contributed by atoms with E-state index in [9.17, 15) is 4.79 Å². The average Bonchev–Trinajstić information content (AvgIpc) is 2.45. The lowest BCUT2D eigenvalue weighted by molar-refractivity contribution is 0.101. The minimum Gasteiger partial charge on any atom is -0.362 e. The first-order chi connectivity index (χ1) is 7.25. The van der Waals surface area contributed by atoms with Gasteiger partial charge >= 0.3 is 0 Å². The summed E-state index contributed by atoms with van der Waals surface area (Å²) in [6.07, 6.45) is 0. The molecule has 3 rings (SSSR count). The number of benzene rings is 1. The molecule has 0 aliphatic carbocycles. The molecule has 2 aliphatic heterocycles. The quantitative estimate of drug-likeness (QED) is 0.630. The maximum Gasteiger partial charge on any atom is 0.184 e. The molecule has 2 aliphatic rings. The van der Waals surface area contributed by atoms with Gasteiger partial charge in [-0.05, 0) is 18.7 Å². The van der Waals surface area contributed by atoms with Crippen molar-refractivity contribution in [2.75, 3.05) is 31.6 Å². The largest absolute Gasteiger partial charge is 0.362 e. The van der Waals surface area contributed by atoms with Crippen molar-refractivity contribution in [2.45, 2.75) is 6.54 Å². The third-order valence-corrected chi connectivity index (χ3v) is 3.26. The second kappa shape index (κ2) is 3.07. The molecule has 78 valence electrons. The predicted molar refractivity (Wildman–Crippen MR) is 59.3 cm³/mol. The molecular formula is C12H14N2O. The summed E-state index contributed by atoms with van der Waals surface area (Å²) < 4.78 is 0. The van der Waals surface area contributed by atoms with Gasteiger partial charge in [0, 0.05) is 25.2 Å². The maximum atomic E-state index is 11.8. The maximum absolute atomic E-state index is 11.8. The van der Waals surface area contributed by atoms with E-state index in [1.807, 2.05) is 12.1 Å². The SMILES string of the molecule is CN1CCN2CC(=O)c3cccc(c32)C1. The molecule has 0 radical (unpaired) electrons. The van der Waals surface area contributed by atoms with Crippen LogP contribution in [0.15, 0.2) is 18.2 Å². The van der Waals surface area contributed by atoms with Crippen LogP contribution in [0.3, 0.4) is 0 Å². The van der Waals surface area contributed by atoms with Crippen molar-refractivity contribution in [2.24, 2.45) is 0 Å². The van der Waals surface area contributed by atoms with E-state index in [2.05, 4.69) is 22.9 Å². The van der Waals surface area contributed by atoms with Gasteiger partial charge in [-0.25, -0.2) is 0 Å². The van der Waals surface area contributed by atoms with Gasteiger partial charge in [0.05, 0.1) is 12.2 Å². The van der Waals surface area contributed by atoms with Crippen molar-refractivity contribution in [1.29, 1.82) is 0 Å². The van der Waals surface area contributed by atoms with Crippen LogP contribution >= 0.6 is 0 Å². The number of hydrogen-bond acceptors (Lipinski definition) is 3. The van der Waals surface area contributed by atoms with Gasteiger partial charge in [0.2, 0.25) is 0 Å². The van der Waals surface area contributed by atoms with Crippen LogP contribution in [-0.4, -0.2) is 37.4 Å². The molecule has 0 N–H and O–H groups in total. The second-order valence-electron chi connectivity index (χ2n) is 4.40. The highest BCUT2D eigenvalue weighted by Gasteiger charge is 2.30. The van der Waals surface area contributed by atoms with Crippen molar-refractivity contribution in [3.63, 3.8) is 0 Å². The van der Waals surface area contributed by atoms with E-state index in [0.29, 0.717) is 6.54 Å². The van der Waals surface area contributed by atoms with Gasteiger partial charge in [-0.3, -0.25) is 4.79 Å². The van der Waals surface area contributed by atoms with Crippen LogP contribution in [-0.2, 0) is 6.54 Å². The molecule has 0 fully saturated rings. The molecule has 0 saturated carbocycles. The van der Waals surface area contributed by atoms with E-state index in [1.54, 1.807) is 0 Å². The van der Waals surface area contributed by atoms with Crippen LogP contribution < -0.4 is 4.90 Å². The molecule has 0 atom stereocenters. The number of ketones is 1. The van der Waals surface area contributed by atoms with Crippen LogP contribution in [0.1, 0.15) is 15.9 Å². The first-order valence-corrected chi connectivity index (χ1v) is 5.34. The fourth-order valence-corrected chi connectivity index (χ4v) is 2.51. The van der Waals surface area contributed by atoms with Crippen LogP contribution in [0.4, 0.5) is 5.69 Å². The highest BCUT2D eigenvalue weighted by Crippen LogP contribution is 2.33. The van der Waals surface area contributed by atoms with Crippen molar-refractivity contribution in [1.82, 2.24) is 4.90 Å². The number of likely N-dealkylation sites (N-methyl/N-ethyl adjacent to an activating group) is 1. The summed E-state index contributed by atoms with van der Waals surface area (Å²) in [5, 5.41) is 0. The smallest absolute Gasteiger partial charge is 0.184 e. The molecule has 0 amide bonds. The molecule has 0 spiro atoms. The van der Waals surface area contributed by atoms with E-state index in [-0.39, 0.29) is 5.78 Å². The zero-order chi connectivity index (χ0) is 10.4. The minimum atomic E-state index is 0.274. The van der Waals surface area contributed by atoms with Gasteiger partial charge in [-0.1, -0.05) is 12.1 Å². The summed E-state index contributed by atoms with van der Waals surface area (Å²) in [5.74, 6) is 0.274. The molecule has 1 aromatic carbocycles. The predicted octanol–water partition coefficient (Wildman–Crippen LogP) is 1.13. The highest BCUT2D eigenvalue weighted by molar-refractivity contribution is 6.09.